The summed E-state index contributed by atoms with van der Waals surface area (Å²) in [5.41, 5.74) is -0.281. The highest BCUT2D eigenvalue weighted by Crippen LogP contribution is 2.28. The van der Waals surface area contributed by atoms with Crippen molar-refractivity contribution in [3.05, 3.63) is 37.6 Å². The van der Waals surface area contributed by atoms with Crippen LogP contribution in [0, 0.1) is 4.77 Å². The third kappa shape index (κ3) is 2.03. The highest BCUT2D eigenvalue weighted by Gasteiger charge is 2.23. The highest BCUT2D eigenvalue weighted by atomic mass is 32.1. The minimum Gasteiger partial charge on any atom is -0.272 e. The molecule has 0 aromatic carbocycles. The smallest absolute Gasteiger partial charge is 0.272 e. The van der Waals surface area contributed by atoms with Gasteiger partial charge in [0.1, 0.15) is 0 Å². The maximum Gasteiger partial charge on any atom is 0.342 e. The zero-order valence-corrected chi connectivity index (χ0v) is 10.7. The first kappa shape index (κ1) is 11.3. The Labute approximate surface area is 102 Å². The maximum atomic E-state index is 11.5. The van der Waals surface area contributed by atoms with Gasteiger partial charge in [0.25, 0.3) is 0 Å². The molecule has 0 atom stereocenters. The summed E-state index contributed by atoms with van der Waals surface area (Å²) in [5, 5.41) is 7.17. The molecule has 2 rings (SSSR count). The Bertz CT molecular complexity index is 546. The summed E-state index contributed by atoms with van der Waals surface area (Å²) >= 11 is 6.74. The van der Waals surface area contributed by atoms with E-state index in [0.717, 1.165) is 0 Å². The lowest BCUT2D eigenvalue weighted by Crippen LogP contribution is -2.29. The van der Waals surface area contributed by atoms with Gasteiger partial charge in [0.2, 0.25) is 0 Å². The van der Waals surface area contributed by atoms with Gasteiger partial charge in [-0.2, -0.15) is 0 Å². The van der Waals surface area contributed by atoms with Crippen LogP contribution in [0.5, 0.6) is 0 Å². The van der Waals surface area contributed by atoms with Crippen LogP contribution in [0.15, 0.2) is 22.3 Å². The molecule has 6 heteroatoms. The first-order chi connectivity index (χ1) is 7.50. The Morgan fingerprint density at radius 3 is 2.75 bits per heavy atom. The van der Waals surface area contributed by atoms with E-state index in [1.807, 2.05) is 11.4 Å². The number of hydrogen-bond donors (Lipinski definition) is 2. The predicted molar refractivity (Wildman–Crippen MR) is 67.6 cm³/mol. The van der Waals surface area contributed by atoms with Crippen molar-refractivity contribution in [1.29, 1.82) is 0 Å². The minimum atomic E-state index is -0.186. The molecule has 0 saturated heterocycles. The van der Waals surface area contributed by atoms with E-state index in [2.05, 4.69) is 30.1 Å². The van der Waals surface area contributed by atoms with Crippen molar-refractivity contribution in [2.24, 2.45) is 0 Å². The molecular formula is C10H13N3OS2. The van der Waals surface area contributed by atoms with Crippen LogP contribution in [0.1, 0.15) is 18.7 Å². The van der Waals surface area contributed by atoms with Gasteiger partial charge in [-0.25, -0.2) is 9.89 Å². The van der Waals surface area contributed by atoms with Crippen LogP contribution in [-0.4, -0.2) is 14.8 Å². The number of rotatable bonds is 3. The lowest BCUT2D eigenvalue weighted by molar-refractivity contribution is 0.432. The summed E-state index contributed by atoms with van der Waals surface area (Å²) in [5.74, 6) is 0. The molecule has 4 nitrogen and oxygen atoms in total. The zero-order valence-electron chi connectivity index (χ0n) is 9.11. The molecule has 2 heterocycles. The SMILES string of the molecule is CC(C)(Cn1c(=O)[nH][nH]c1=S)c1cccs1. The molecule has 0 fully saturated rings. The molecule has 2 N–H and O–H groups in total. The molecule has 0 bridgehead atoms. The van der Waals surface area contributed by atoms with Crippen LogP contribution in [0.2, 0.25) is 0 Å². The predicted octanol–water partition coefficient (Wildman–Crippen LogP) is 2.27. The largest absolute Gasteiger partial charge is 0.342 e. The van der Waals surface area contributed by atoms with Crippen LogP contribution in [-0.2, 0) is 12.0 Å². The van der Waals surface area contributed by atoms with Gasteiger partial charge in [-0.1, -0.05) is 19.9 Å². The lowest BCUT2D eigenvalue weighted by Gasteiger charge is -2.22. The molecule has 16 heavy (non-hydrogen) atoms. The van der Waals surface area contributed by atoms with E-state index in [1.165, 1.54) is 4.88 Å². The molecule has 0 saturated carbocycles. The number of thiophene rings is 1. The van der Waals surface area contributed by atoms with Gasteiger partial charge in [-0.3, -0.25) is 9.67 Å². The van der Waals surface area contributed by atoms with Gasteiger partial charge in [-0.15, -0.1) is 11.3 Å². The van der Waals surface area contributed by atoms with Crippen LogP contribution in [0.4, 0.5) is 0 Å². The van der Waals surface area contributed by atoms with Crippen molar-refractivity contribution in [1.82, 2.24) is 14.8 Å². The zero-order chi connectivity index (χ0) is 11.8. The Kier molecular flexibility index (Phi) is 2.86. The van der Waals surface area contributed by atoms with Gasteiger partial charge >= 0.3 is 5.69 Å². The first-order valence-corrected chi connectivity index (χ1v) is 6.21. The van der Waals surface area contributed by atoms with Crippen molar-refractivity contribution < 1.29 is 0 Å². The summed E-state index contributed by atoms with van der Waals surface area (Å²) in [4.78, 5) is 12.7. The number of hydrogen-bond acceptors (Lipinski definition) is 3. The van der Waals surface area contributed by atoms with Crippen LogP contribution < -0.4 is 5.69 Å². The molecule has 0 spiro atoms. The summed E-state index contributed by atoms with van der Waals surface area (Å²) in [6, 6.07) is 4.09. The molecule has 0 aliphatic heterocycles. The number of nitrogens with zero attached hydrogens (tertiary/aromatic N) is 1. The average Bonchev–Trinajstić information content (AvgIpc) is 2.83. The van der Waals surface area contributed by atoms with E-state index in [0.29, 0.717) is 11.3 Å². The minimum absolute atomic E-state index is 0.0956. The van der Waals surface area contributed by atoms with Gasteiger partial charge in [0.05, 0.1) is 0 Å². The van der Waals surface area contributed by atoms with Crippen molar-refractivity contribution in [2.75, 3.05) is 0 Å². The Morgan fingerprint density at radius 1 is 1.50 bits per heavy atom. The third-order valence-corrected chi connectivity index (χ3v) is 4.07. The molecule has 2 aromatic rings. The van der Waals surface area contributed by atoms with Crippen LogP contribution in [0.3, 0.4) is 0 Å². The second-order valence-electron chi connectivity index (χ2n) is 4.31. The maximum absolute atomic E-state index is 11.5. The summed E-state index contributed by atoms with van der Waals surface area (Å²) < 4.78 is 1.99. The van der Waals surface area contributed by atoms with Gasteiger partial charge in [0.15, 0.2) is 4.77 Å². The van der Waals surface area contributed by atoms with E-state index >= 15 is 0 Å². The number of aromatic amines is 2. The van der Waals surface area contributed by atoms with E-state index in [4.69, 9.17) is 12.2 Å². The van der Waals surface area contributed by atoms with E-state index in [-0.39, 0.29) is 11.1 Å². The Balaban J connectivity index is 2.35. The average molecular weight is 255 g/mol. The van der Waals surface area contributed by atoms with Crippen LogP contribution in [0.25, 0.3) is 0 Å². The molecular weight excluding hydrogens is 242 g/mol. The van der Waals surface area contributed by atoms with E-state index in [1.54, 1.807) is 15.9 Å². The lowest BCUT2D eigenvalue weighted by atomic mass is 9.91. The Hall–Kier alpha value is -1.14. The fourth-order valence-corrected chi connectivity index (χ4v) is 2.66. The normalized spacial score (nSPS) is 11.9. The quantitative estimate of drug-likeness (QED) is 0.827. The monoisotopic (exact) mass is 255 g/mol. The summed E-state index contributed by atoms with van der Waals surface area (Å²) in [7, 11) is 0. The second kappa shape index (κ2) is 4.03. The van der Waals surface area contributed by atoms with Crippen molar-refractivity contribution in [3.8, 4) is 0 Å². The fraction of sp³-hybridized carbons (Fsp3) is 0.400. The number of aromatic nitrogens is 3. The Morgan fingerprint density at radius 2 is 2.25 bits per heavy atom. The molecule has 0 aliphatic carbocycles. The fourth-order valence-electron chi connectivity index (χ4n) is 1.61. The molecule has 0 aliphatic rings. The molecule has 0 amide bonds. The van der Waals surface area contributed by atoms with Crippen molar-refractivity contribution in [3.63, 3.8) is 0 Å². The first-order valence-electron chi connectivity index (χ1n) is 4.92. The number of nitrogens with one attached hydrogen (secondary N) is 2. The van der Waals surface area contributed by atoms with Gasteiger partial charge < -0.3 is 0 Å². The third-order valence-electron chi connectivity index (χ3n) is 2.51. The van der Waals surface area contributed by atoms with Crippen molar-refractivity contribution in [2.45, 2.75) is 25.8 Å². The summed E-state index contributed by atoms with van der Waals surface area (Å²) in [6.45, 7) is 4.78. The second-order valence-corrected chi connectivity index (χ2v) is 5.64. The van der Waals surface area contributed by atoms with Crippen LogP contribution >= 0.6 is 23.6 Å². The molecule has 0 radical (unpaired) electrons. The molecule has 0 unspecified atom stereocenters. The van der Waals surface area contributed by atoms with Gasteiger partial charge in [0, 0.05) is 16.8 Å². The van der Waals surface area contributed by atoms with Gasteiger partial charge in [-0.05, 0) is 23.7 Å². The molecule has 2 aromatic heterocycles. The highest BCUT2D eigenvalue weighted by molar-refractivity contribution is 7.71. The van der Waals surface area contributed by atoms with E-state index < -0.39 is 0 Å². The topological polar surface area (TPSA) is 53.6 Å². The molecule has 86 valence electrons. The van der Waals surface area contributed by atoms with Crippen molar-refractivity contribution >= 4 is 23.6 Å². The standard InChI is InChI=1S/C10H13N3OS2/c1-10(2,7-4-3-5-16-7)6-13-8(14)11-12-9(13)15/h3-5H,6H2,1-2H3,(H,11,14)(H,12,15). The number of H-pyrrole nitrogens is 2. The van der Waals surface area contributed by atoms with E-state index in [9.17, 15) is 4.79 Å². The summed E-state index contributed by atoms with van der Waals surface area (Å²) in [6.07, 6.45) is 0.